The molecule has 4 heteroatoms. The number of hydrogen-bond donors (Lipinski definition) is 2. The number of aromatic hydroxyl groups is 1. The number of piperidine rings is 1. The molecule has 1 aliphatic heterocycles. The minimum absolute atomic E-state index is 0.0984. The van der Waals surface area contributed by atoms with Crippen LogP contribution in [0.25, 0.3) is 0 Å². The summed E-state index contributed by atoms with van der Waals surface area (Å²) in [7, 11) is 1.71. The van der Waals surface area contributed by atoms with E-state index >= 15 is 0 Å². The molecule has 6 bridgehead atoms. The molecule has 1 spiro atoms. The lowest BCUT2D eigenvalue weighted by Crippen LogP contribution is -2.64. The van der Waals surface area contributed by atoms with Crippen LogP contribution in [0.4, 0.5) is 0 Å². The number of benzene rings is 2. The molecule has 1 heterocycles. The standard InChI is InChI=1S/C31H38N2O2/c1-35-26-10-9-21-15-22-24-18-33(17-20-7-8-20)29(22)30-13-11-23(31(24,30)27(21)28(26)34)25(12-14-30)32-16-19-5-3-2-4-6-19/h2-6,9-10,20,22-25,29,32,34H,7-8,11-18H2,1H3. The number of phenolic OH excluding ortho intramolecular Hbond substituents is 1. The zero-order valence-electron chi connectivity index (χ0n) is 20.9. The van der Waals surface area contributed by atoms with Crippen molar-refractivity contribution in [3.8, 4) is 11.5 Å². The molecule has 6 aliphatic rings. The van der Waals surface area contributed by atoms with Crippen LogP contribution in [0, 0.1) is 29.1 Å². The van der Waals surface area contributed by atoms with Crippen LogP contribution in [0.1, 0.15) is 55.2 Å². The van der Waals surface area contributed by atoms with Crippen molar-refractivity contribution in [2.24, 2.45) is 29.1 Å². The second-order valence-corrected chi connectivity index (χ2v) is 12.6. The van der Waals surface area contributed by atoms with Crippen molar-refractivity contribution in [3.63, 3.8) is 0 Å². The van der Waals surface area contributed by atoms with E-state index in [1.807, 2.05) is 6.07 Å². The van der Waals surface area contributed by atoms with E-state index in [0.717, 1.165) is 24.8 Å². The van der Waals surface area contributed by atoms with Crippen LogP contribution in [0.5, 0.6) is 11.5 Å². The molecule has 35 heavy (non-hydrogen) atoms. The first kappa shape index (κ1) is 21.1. The van der Waals surface area contributed by atoms with Crippen molar-refractivity contribution in [1.82, 2.24) is 10.2 Å². The molecule has 5 aliphatic carbocycles. The van der Waals surface area contributed by atoms with Crippen LogP contribution >= 0.6 is 0 Å². The highest BCUT2D eigenvalue weighted by atomic mass is 16.5. The van der Waals surface area contributed by atoms with Crippen molar-refractivity contribution in [2.75, 3.05) is 20.2 Å². The molecule has 184 valence electrons. The highest BCUT2D eigenvalue weighted by Crippen LogP contribution is 2.80. The second-order valence-electron chi connectivity index (χ2n) is 12.6. The van der Waals surface area contributed by atoms with Gasteiger partial charge in [-0.1, -0.05) is 36.4 Å². The number of likely N-dealkylation sites (tertiary alicyclic amines) is 1. The Morgan fingerprint density at radius 1 is 1.03 bits per heavy atom. The third-order valence-corrected chi connectivity index (χ3v) is 11.5. The Hall–Kier alpha value is -2.04. The van der Waals surface area contributed by atoms with Gasteiger partial charge < -0.3 is 15.2 Å². The molecular formula is C31H38N2O2. The molecular weight excluding hydrogens is 432 g/mol. The predicted octanol–water partition coefficient (Wildman–Crippen LogP) is 4.88. The second kappa shape index (κ2) is 7.26. The summed E-state index contributed by atoms with van der Waals surface area (Å²) in [6, 6.07) is 16.4. The van der Waals surface area contributed by atoms with Crippen molar-refractivity contribution >= 4 is 0 Å². The summed E-state index contributed by atoms with van der Waals surface area (Å²) in [5.74, 6) is 4.10. The number of phenols is 1. The summed E-state index contributed by atoms with van der Waals surface area (Å²) in [5, 5.41) is 15.8. The van der Waals surface area contributed by atoms with Crippen LogP contribution < -0.4 is 10.1 Å². The average Bonchev–Trinajstić information content (AvgIpc) is 3.55. The number of nitrogens with zero attached hydrogens (tertiary/aromatic N) is 1. The van der Waals surface area contributed by atoms with E-state index in [1.165, 1.54) is 68.3 Å². The first-order chi connectivity index (χ1) is 17.2. The largest absolute Gasteiger partial charge is 0.504 e. The van der Waals surface area contributed by atoms with Gasteiger partial charge in [0.1, 0.15) is 0 Å². The van der Waals surface area contributed by atoms with Crippen molar-refractivity contribution < 1.29 is 9.84 Å². The molecule has 7 unspecified atom stereocenters. The molecule has 2 aromatic carbocycles. The first-order valence-corrected chi connectivity index (χ1v) is 14.1. The van der Waals surface area contributed by atoms with E-state index < -0.39 is 0 Å². The molecule has 8 rings (SSSR count). The minimum atomic E-state index is 0.0984. The third kappa shape index (κ3) is 2.56. The summed E-state index contributed by atoms with van der Waals surface area (Å²) < 4.78 is 5.70. The normalized spacial score (nSPS) is 40.5. The Morgan fingerprint density at radius 3 is 2.66 bits per heavy atom. The van der Waals surface area contributed by atoms with E-state index in [-0.39, 0.29) is 5.41 Å². The van der Waals surface area contributed by atoms with Gasteiger partial charge in [0, 0.05) is 42.7 Å². The molecule has 5 fully saturated rings. The molecule has 1 saturated heterocycles. The zero-order chi connectivity index (χ0) is 23.4. The zero-order valence-corrected chi connectivity index (χ0v) is 20.9. The molecule has 4 nitrogen and oxygen atoms in total. The van der Waals surface area contributed by atoms with E-state index in [1.54, 1.807) is 7.11 Å². The Bertz CT molecular complexity index is 1160. The van der Waals surface area contributed by atoms with E-state index in [2.05, 4.69) is 46.6 Å². The van der Waals surface area contributed by atoms with Gasteiger partial charge in [0.05, 0.1) is 7.11 Å². The highest BCUT2D eigenvalue weighted by Gasteiger charge is 2.81. The number of nitrogens with one attached hydrogen (secondary N) is 1. The van der Waals surface area contributed by atoms with Crippen LogP contribution in [-0.2, 0) is 18.4 Å². The SMILES string of the molecule is COc1ccc2c(c1O)C13C4CCC1(CCC4NCc1ccccc1)C1C(C2)C3CN1CC1CC1. The number of hydrogen-bond acceptors (Lipinski definition) is 4. The summed E-state index contributed by atoms with van der Waals surface area (Å²) in [6.07, 6.45) is 9.20. The summed E-state index contributed by atoms with van der Waals surface area (Å²) in [6.45, 7) is 3.50. The average molecular weight is 471 g/mol. The van der Waals surface area contributed by atoms with Gasteiger partial charge in [-0.05, 0) is 91.2 Å². The van der Waals surface area contributed by atoms with E-state index in [0.29, 0.717) is 40.8 Å². The van der Waals surface area contributed by atoms with Crippen molar-refractivity contribution in [2.45, 2.75) is 69.0 Å². The molecule has 0 aromatic heterocycles. The quantitative estimate of drug-likeness (QED) is 0.631. The number of fused-ring (bicyclic) bond motifs is 1. The lowest BCUT2D eigenvalue weighted by Gasteiger charge is -2.60. The Labute approximate surface area is 209 Å². The van der Waals surface area contributed by atoms with Crippen LogP contribution in [0.3, 0.4) is 0 Å². The van der Waals surface area contributed by atoms with Gasteiger partial charge >= 0.3 is 0 Å². The first-order valence-electron chi connectivity index (χ1n) is 14.1. The molecule has 7 atom stereocenters. The van der Waals surface area contributed by atoms with E-state index in [4.69, 9.17) is 4.74 Å². The predicted molar refractivity (Wildman–Crippen MR) is 137 cm³/mol. The Kier molecular flexibility index (Phi) is 4.37. The number of rotatable bonds is 6. The maximum absolute atomic E-state index is 11.7. The van der Waals surface area contributed by atoms with Gasteiger partial charge in [-0.3, -0.25) is 4.90 Å². The van der Waals surface area contributed by atoms with Crippen molar-refractivity contribution in [3.05, 3.63) is 59.2 Å². The molecule has 2 aromatic rings. The van der Waals surface area contributed by atoms with Crippen LogP contribution in [0.15, 0.2) is 42.5 Å². The monoisotopic (exact) mass is 470 g/mol. The highest BCUT2D eigenvalue weighted by molar-refractivity contribution is 5.61. The lowest BCUT2D eigenvalue weighted by molar-refractivity contribution is -0.0473. The van der Waals surface area contributed by atoms with Gasteiger partial charge in [0.25, 0.3) is 0 Å². The molecule has 4 saturated carbocycles. The van der Waals surface area contributed by atoms with Gasteiger partial charge in [-0.2, -0.15) is 0 Å². The number of ether oxygens (including phenoxy) is 1. The maximum atomic E-state index is 11.7. The van der Waals surface area contributed by atoms with Gasteiger partial charge in [0.2, 0.25) is 0 Å². The van der Waals surface area contributed by atoms with Gasteiger partial charge in [0.15, 0.2) is 11.5 Å². The topological polar surface area (TPSA) is 44.7 Å². The summed E-state index contributed by atoms with van der Waals surface area (Å²) >= 11 is 0. The van der Waals surface area contributed by atoms with Gasteiger partial charge in [-0.15, -0.1) is 0 Å². The molecule has 0 radical (unpaired) electrons. The van der Waals surface area contributed by atoms with Crippen LogP contribution in [0.2, 0.25) is 0 Å². The van der Waals surface area contributed by atoms with Crippen LogP contribution in [-0.4, -0.2) is 42.3 Å². The fourth-order valence-corrected chi connectivity index (χ4v) is 10.5. The summed E-state index contributed by atoms with van der Waals surface area (Å²) in [5.41, 5.74) is 4.51. The van der Waals surface area contributed by atoms with Gasteiger partial charge in [-0.25, -0.2) is 0 Å². The fourth-order valence-electron chi connectivity index (χ4n) is 10.5. The van der Waals surface area contributed by atoms with Crippen molar-refractivity contribution in [1.29, 1.82) is 0 Å². The smallest absolute Gasteiger partial charge is 0.161 e. The third-order valence-electron chi connectivity index (χ3n) is 11.5. The molecule has 0 amide bonds. The Balaban J connectivity index is 1.25. The minimum Gasteiger partial charge on any atom is -0.504 e. The van der Waals surface area contributed by atoms with E-state index in [9.17, 15) is 5.11 Å². The maximum Gasteiger partial charge on any atom is 0.161 e. The Morgan fingerprint density at radius 2 is 1.86 bits per heavy atom. The summed E-state index contributed by atoms with van der Waals surface area (Å²) in [4.78, 5) is 2.95. The fraction of sp³-hybridized carbons (Fsp3) is 0.613. The number of methoxy groups -OCH3 is 1. The molecule has 2 N–H and O–H groups in total. The lowest BCUT2D eigenvalue weighted by atomic mass is 9.47.